The monoisotopic (exact) mass is 224 g/mol. The van der Waals surface area contributed by atoms with Crippen LogP contribution in [0.5, 0.6) is 0 Å². The standard InChI is InChI=1S/C13H24N2O/c1-5-12(6-2)15(4)10-11-7-8-16-13(11)9-14-3/h7-8,12,14H,5-6,9-10H2,1-4H3. The Bertz CT molecular complexity index is 292. The maximum Gasteiger partial charge on any atom is 0.122 e. The lowest BCUT2D eigenvalue weighted by atomic mass is 10.1. The summed E-state index contributed by atoms with van der Waals surface area (Å²) in [6, 6.07) is 2.74. The Labute approximate surface area is 98.8 Å². The molecule has 0 spiro atoms. The molecule has 0 unspecified atom stereocenters. The Morgan fingerprint density at radius 1 is 1.38 bits per heavy atom. The molecule has 0 saturated carbocycles. The largest absolute Gasteiger partial charge is 0.468 e. The third-order valence-corrected chi connectivity index (χ3v) is 3.16. The molecule has 0 saturated heterocycles. The number of hydrogen-bond donors (Lipinski definition) is 1. The van der Waals surface area contributed by atoms with Crippen LogP contribution in [0.2, 0.25) is 0 Å². The van der Waals surface area contributed by atoms with Crippen LogP contribution in [-0.2, 0) is 13.1 Å². The van der Waals surface area contributed by atoms with Crippen LogP contribution >= 0.6 is 0 Å². The van der Waals surface area contributed by atoms with Crippen molar-refractivity contribution < 1.29 is 4.42 Å². The molecule has 0 aliphatic heterocycles. The molecule has 0 aromatic carbocycles. The zero-order chi connectivity index (χ0) is 12.0. The van der Waals surface area contributed by atoms with Gasteiger partial charge in [0.2, 0.25) is 0 Å². The number of rotatable bonds is 7. The summed E-state index contributed by atoms with van der Waals surface area (Å²) in [5, 5.41) is 3.13. The molecule has 1 heterocycles. The van der Waals surface area contributed by atoms with E-state index in [9.17, 15) is 0 Å². The molecule has 1 N–H and O–H groups in total. The molecule has 0 radical (unpaired) electrons. The second-order valence-corrected chi connectivity index (χ2v) is 4.28. The van der Waals surface area contributed by atoms with Crippen molar-refractivity contribution in [1.82, 2.24) is 10.2 Å². The average molecular weight is 224 g/mol. The Hall–Kier alpha value is -0.800. The van der Waals surface area contributed by atoms with Gasteiger partial charge in [0, 0.05) is 18.2 Å². The van der Waals surface area contributed by atoms with E-state index in [4.69, 9.17) is 4.42 Å². The van der Waals surface area contributed by atoms with Crippen molar-refractivity contribution in [2.24, 2.45) is 0 Å². The van der Waals surface area contributed by atoms with E-state index in [0.717, 1.165) is 18.8 Å². The smallest absolute Gasteiger partial charge is 0.122 e. The van der Waals surface area contributed by atoms with Crippen molar-refractivity contribution in [2.45, 2.75) is 45.8 Å². The van der Waals surface area contributed by atoms with Gasteiger partial charge in [-0.2, -0.15) is 0 Å². The lowest BCUT2D eigenvalue weighted by molar-refractivity contribution is 0.220. The quantitative estimate of drug-likeness (QED) is 0.771. The molecule has 1 aromatic heterocycles. The summed E-state index contributed by atoms with van der Waals surface area (Å²) < 4.78 is 5.46. The van der Waals surface area contributed by atoms with Crippen molar-refractivity contribution in [3.05, 3.63) is 23.7 Å². The predicted octanol–water partition coefficient (Wildman–Crippen LogP) is 2.62. The fourth-order valence-electron chi connectivity index (χ4n) is 2.13. The van der Waals surface area contributed by atoms with Gasteiger partial charge in [-0.3, -0.25) is 4.90 Å². The summed E-state index contributed by atoms with van der Waals surface area (Å²) in [5.41, 5.74) is 1.30. The summed E-state index contributed by atoms with van der Waals surface area (Å²) in [7, 11) is 4.13. The minimum Gasteiger partial charge on any atom is -0.468 e. The normalized spacial score (nSPS) is 11.6. The number of hydrogen-bond acceptors (Lipinski definition) is 3. The van der Waals surface area contributed by atoms with Gasteiger partial charge in [-0.15, -0.1) is 0 Å². The minimum absolute atomic E-state index is 0.664. The first-order valence-corrected chi connectivity index (χ1v) is 6.12. The van der Waals surface area contributed by atoms with Crippen LogP contribution in [0.4, 0.5) is 0 Å². The molecular formula is C13H24N2O. The van der Waals surface area contributed by atoms with Crippen molar-refractivity contribution in [3.8, 4) is 0 Å². The maximum atomic E-state index is 5.46. The minimum atomic E-state index is 0.664. The van der Waals surface area contributed by atoms with Crippen LogP contribution in [0.3, 0.4) is 0 Å². The Morgan fingerprint density at radius 2 is 2.06 bits per heavy atom. The molecule has 0 fully saturated rings. The number of nitrogens with one attached hydrogen (secondary N) is 1. The second-order valence-electron chi connectivity index (χ2n) is 4.28. The Morgan fingerprint density at radius 3 is 2.62 bits per heavy atom. The third kappa shape index (κ3) is 3.35. The van der Waals surface area contributed by atoms with Crippen LogP contribution in [0, 0.1) is 0 Å². The fourth-order valence-corrected chi connectivity index (χ4v) is 2.13. The summed E-state index contributed by atoms with van der Waals surface area (Å²) in [4.78, 5) is 2.41. The predicted molar refractivity (Wildman–Crippen MR) is 67.3 cm³/mol. The molecular weight excluding hydrogens is 200 g/mol. The molecule has 0 aliphatic rings. The van der Waals surface area contributed by atoms with E-state index in [1.165, 1.54) is 18.4 Å². The van der Waals surface area contributed by atoms with Crippen LogP contribution in [0.25, 0.3) is 0 Å². The molecule has 1 aromatic rings. The first-order valence-electron chi connectivity index (χ1n) is 6.12. The molecule has 3 heteroatoms. The molecule has 0 bridgehead atoms. The SMILES string of the molecule is CCC(CC)N(C)Cc1ccoc1CNC. The summed E-state index contributed by atoms with van der Waals surface area (Å²) in [6.45, 7) is 6.27. The average Bonchev–Trinajstić information content (AvgIpc) is 2.68. The fraction of sp³-hybridized carbons (Fsp3) is 0.692. The topological polar surface area (TPSA) is 28.4 Å². The van der Waals surface area contributed by atoms with Crippen molar-refractivity contribution in [3.63, 3.8) is 0 Å². The zero-order valence-electron chi connectivity index (χ0n) is 10.9. The van der Waals surface area contributed by atoms with Gasteiger partial charge in [-0.05, 0) is 33.0 Å². The van der Waals surface area contributed by atoms with E-state index in [-0.39, 0.29) is 0 Å². The molecule has 0 atom stereocenters. The summed E-state index contributed by atoms with van der Waals surface area (Å²) in [5.74, 6) is 1.06. The molecule has 3 nitrogen and oxygen atoms in total. The van der Waals surface area contributed by atoms with E-state index in [1.807, 2.05) is 7.05 Å². The summed E-state index contributed by atoms with van der Waals surface area (Å²) >= 11 is 0. The lowest BCUT2D eigenvalue weighted by Gasteiger charge is -2.25. The van der Waals surface area contributed by atoms with Gasteiger partial charge < -0.3 is 9.73 Å². The first kappa shape index (κ1) is 13.3. The van der Waals surface area contributed by atoms with Crippen molar-refractivity contribution in [2.75, 3.05) is 14.1 Å². The van der Waals surface area contributed by atoms with E-state index >= 15 is 0 Å². The Balaban J connectivity index is 2.61. The highest BCUT2D eigenvalue weighted by Crippen LogP contribution is 2.16. The van der Waals surface area contributed by atoms with Gasteiger partial charge >= 0.3 is 0 Å². The third-order valence-electron chi connectivity index (χ3n) is 3.16. The van der Waals surface area contributed by atoms with E-state index in [1.54, 1.807) is 6.26 Å². The van der Waals surface area contributed by atoms with Gasteiger partial charge in [0.25, 0.3) is 0 Å². The first-order chi connectivity index (χ1) is 7.72. The van der Waals surface area contributed by atoms with Gasteiger partial charge in [-0.25, -0.2) is 0 Å². The molecule has 0 aliphatic carbocycles. The molecule has 0 amide bonds. The molecule has 16 heavy (non-hydrogen) atoms. The Kier molecular flexibility index (Phi) is 5.56. The molecule has 1 rings (SSSR count). The molecule has 92 valence electrons. The highest BCUT2D eigenvalue weighted by atomic mass is 16.3. The van der Waals surface area contributed by atoms with E-state index in [0.29, 0.717) is 6.04 Å². The van der Waals surface area contributed by atoms with E-state index < -0.39 is 0 Å². The highest BCUT2D eigenvalue weighted by molar-refractivity contribution is 5.16. The van der Waals surface area contributed by atoms with Gasteiger partial charge in [-0.1, -0.05) is 13.8 Å². The lowest BCUT2D eigenvalue weighted by Crippen LogP contribution is -2.30. The van der Waals surface area contributed by atoms with Crippen molar-refractivity contribution >= 4 is 0 Å². The van der Waals surface area contributed by atoms with Crippen LogP contribution in [-0.4, -0.2) is 25.0 Å². The van der Waals surface area contributed by atoms with Crippen LogP contribution in [0.1, 0.15) is 38.0 Å². The summed E-state index contributed by atoms with van der Waals surface area (Å²) in [6.07, 6.45) is 4.18. The van der Waals surface area contributed by atoms with E-state index in [2.05, 4.69) is 37.2 Å². The number of furan rings is 1. The number of nitrogens with zero attached hydrogens (tertiary/aromatic N) is 1. The second kappa shape index (κ2) is 6.71. The van der Waals surface area contributed by atoms with Crippen molar-refractivity contribution in [1.29, 1.82) is 0 Å². The highest BCUT2D eigenvalue weighted by Gasteiger charge is 2.13. The zero-order valence-corrected chi connectivity index (χ0v) is 10.9. The maximum absolute atomic E-state index is 5.46. The van der Waals surface area contributed by atoms with Gasteiger partial charge in [0.05, 0.1) is 12.8 Å². The van der Waals surface area contributed by atoms with Gasteiger partial charge in [0.1, 0.15) is 5.76 Å². The van der Waals surface area contributed by atoms with Crippen LogP contribution < -0.4 is 5.32 Å². The van der Waals surface area contributed by atoms with Crippen LogP contribution in [0.15, 0.2) is 16.7 Å². The van der Waals surface area contributed by atoms with Gasteiger partial charge in [0.15, 0.2) is 0 Å².